The highest BCUT2D eigenvalue weighted by Gasteiger charge is 2.28. The molecule has 2 heterocycles. The molecule has 3 rings (SSSR count). The standard InChI is InChI=1S/C19H25ClFN5.HI/c1-14-6-9-25(12-18(14)26-10-8-23-13-26)19(22-2)24-7-5-15-3-4-16(21)11-17(15)20;/h3-4,8,10-11,13-14,18H,5-7,9,12H2,1-2H3,(H,22,24);1H. The summed E-state index contributed by atoms with van der Waals surface area (Å²) in [7, 11) is 1.80. The molecule has 148 valence electrons. The largest absolute Gasteiger partial charge is 0.356 e. The normalized spacial score (nSPS) is 20.3. The Morgan fingerprint density at radius 1 is 1.44 bits per heavy atom. The lowest BCUT2D eigenvalue weighted by Crippen LogP contribution is -2.49. The maximum atomic E-state index is 13.1. The molecular formula is C19H26ClFIN5. The Morgan fingerprint density at radius 2 is 2.26 bits per heavy atom. The lowest BCUT2D eigenvalue weighted by atomic mass is 9.93. The summed E-state index contributed by atoms with van der Waals surface area (Å²) in [6, 6.07) is 4.92. The van der Waals surface area contributed by atoms with Crippen molar-refractivity contribution in [2.75, 3.05) is 26.7 Å². The summed E-state index contributed by atoms with van der Waals surface area (Å²) >= 11 is 6.10. The average Bonchev–Trinajstić information content (AvgIpc) is 3.15. The van der Waals surface area contributed by atoms with E-state index in [1.165, 1.54) is 12.1 Å². The predicted molar refractivity (Wildman–Crippen MR) is 119 cm³/mol. The fourth-order valence-electron chi connectivity index (χ4n) is 3.46. The summed E-state index contributed by atoms with van der Waals surface area (Å²) in [4.78, 5) is 10.9. The van der Waals surface area contributed by atoms with Gasteiger partial charge in [0.05, 0.1) is 12.4 Å². The molecule has 0 bridgehead atoms. The molecule has 0 spiro atoms. The fraction of sp³-hybridized carbons (Fsp3) is 0.474. The van der Waals surface area contributed by atoms with Gasteiger partial charge in [-0.2, -0.15) is 0 Å². The highest BCUT2D eigenvalue weighted by Crippen LogP contribution is 2.27. The summed E-state index contributed by atoms with van der Waals surface area (Å²) in [5.74, 6) is 1.17. The van der Waals surface area contributed by atoms with Crippen LogP contribution in [-0.4, -0.2) is 47.1 Å². The van der Waals surface area contributed by atoms with Crippen molar-refractivity contribution in [3.63, 3.8) is 0 Å². The van der Waals surface area contributed by atoms with Gasteiger partial charge in [0.1, 0.15) is 5.82 Å². The van der Waals surface area contributed by atoms with Crippen LogP contribution in [0.2, 0.25) is 5.02 Å². The number of benzene rings is 1. The third-order valence-electron chi connectivity index (χ3n) is 5.03. The number of hydrogen-bond acceptors (Lipinski definition) is 2. The highest BCUT2D eigenvalue weighted by molar-refractivity contribution is 14.0. The van der Waals surface area contributed by atoms with Crippen molar-refractivity contribution in [3.05, 3.63) is 53.3 Å². The number of rotatable bonds is 4. The highest BCUT2D eigenvalue weighted by atomic mass is 127. The minimum atomic E-state index is -0.310. The Morgan fingerprint density at radius 3 is 2.93 bits per heavy atom. The van der Waals surface area contributed by atoms with Crippen LogP contribution >= 0.6 is 35.6 Å². The smallest absolute Gasteiger partial charge is 0.193 e. The maximum absolute atomic E-state index is 13.1. The lowest BCUT2D eigenvalue weighted by molar-refractivity contribution is 0.189. The number of likely N-dealkylation sites (tertiary alicyclic amines) is 1. The molecule has 2 unspecified atom stereocenters. The summed E-state index contributed by atoms with van der Waals surface area (Å²) in [6.07, 6.45) is 7.56. The van der Waals surface area contributed by atoms with Gasteiger partial charge in [0.2, 0.25) is 0 Å². The number of aliphatic imine (C=N–C) groups is 1. The number of imidazole rings is 1. The maximum Gasteiger partial charge on any atom is 0.193 e. The third kappa shape index (κ3) is 5.57. The molecule has 2 atom stereocenters. The van der Waals surface area contributed by atoms with Gasteiger partial charge in [-0.1, -0.05) is 24.6 Å². The van der Waals surface area contributed by atoms with E-state index >= 15 is 0 Å². The third-order valence-corrected chi connectivity index (χ3v) is 5.38. The van der Waals surface area contributed by atoms with E-state index < -0.39 is 0 Å². The van der Waals surface area contributed by atoms with E-state index in [0.717, 1.165) is 31.0 Å². The van der Waals surface area contributed by atoms with Gasteiger partial charge in [-0.3, -0.25) is 4.99 Å². The lowest BCUT2D eigenvalue weighted by Gasteiger charge is -2.39. The molecule has 1 aliphatic rings. The first-order chi connectivity index (χ1) is 12.6. The first kappa shape index (κ1) is 21.9. The van der Waals surface area contributed by atoms with Gasteiger partial charge in [0.25, 0.3) is 0 Å². The number of aromatic nitrogens is 2. The molecule has 1 saturated heterocycles. The first-order valence-corrected chi connectivity index (χ1v) is 9.33. The van der Waals surface area contributed by atoms with Gasteiger partial charge in [-0.15, -0.1) is 24.0 Å². The van der Waals surface area contributed by atoms with Crippen molar-refractivity contribution in [2.45, 2.75) is 25.8 Å². The van der Waals surface area contributed by atoms with Crippen LogP contribution < -0.4 is 5.32 Å². The van der Waals surface area contributed by atoms with E-state index in [-0.39, 0.29) is 29.8 Å². The van der Waals surface area contributed by atoms with Gasteiger partial charge in [-0.25, -0.2) is 9.37 Å². The molecule has 0 amide bonds. The molecule has 0 saturated carbocycles. The fourth-order valence-corrected chi connectivity index (χ4v) is 3.72. The first-order valence-electron chi connectivity index (χ1n) is 8.95. The molecule has 1 fully saturated rings. The molecule has 0 aliphatic carbocycles. The summed E-state index contributed by atoms with van der Waals surface area (Å²) in [6.45, 7) is 4.85. The van der Waals surface area contributed by atoms with Crippen molar-refractivity contribution in [1.82, 2.24) is 19.8 Å². The van der Waals surface area contributed by atoms with Crippen LogP contribution in [0.4, 0.5) is 4.39 Å². The van der Waals surface area contributed by atoms with Crippen LogP contribution in [0.25, 0.3) is 0 Å². The second kappa shape index (κ2) is 10.3. The zero-order chi connectivity index (χ0) is 18.5. The number of guanidine groups is 1. The van der Waals surface area contributed by atoms with Crippen LogP contribution in [-0.2, 0) is 6.42 Å². The molecule has 1 aromatic carbocycles. The number of nitrogens with one attached hydrogen (secondary N) is 1. The Hall–Kier alpha value is -1.35. The molecule has 1 N–H and O–H groups in total. The number of hydrogen-bond donors (Lipinski definition) is 1. The van der Waals surface area contributed by atoms with E-state index in [4.69, 9.17) is 11.6 Å². The molecule has 2 aromatic rings. The minimum Gasteiger partial charge on any atom is -0.356 e. The Balaban J connectivity index is 0.00000261. The zero-order valence-electron chi connectivity index (χ0n) is 15.6. The summed E-state index contributed by atoms with van der Waals surface area (Å²) < 4.78 is 15.3. The second-order valence-electron chi connectivity index (χ2n) is 6.75. The average molecular weight is 506 g/mol. The Kier molecular flexibility index (Phi) is 8.34. The van der Waals surface area contributed by atoms with Crippen molar-refractivity contribution in [3.8, 4) is 0 Å². The van der Waals surface area contributed by atoms with Gasteiger partial charge in [0, 0.05) is 44.1 Å². The molecular weight excluding hydrogens is 480 g/mol. The summed E-state index contributed by atoms with van der Waals surface area (Å²) in [5, 5.41) is 3.88. The second-order valence-corrected chi connectivity index (χ2v) is 7.16. The zero-order valence-corrected chi connectivity index (χ0v) is 18.7. The molecule has 27 heavy (non-hydrogen) atoms. The SMILES string of the molecule is CN=C(NCCc1ccc(F)cc1Cl)N1CCC(C)C(n2ccnc2)C1.I. The van der Waals surface area contributed by atoms with Crippen molar-refractivity contribution >= 4 is 41.5 Å². The Bertz CT molecular complexity index is 753. The molecule has 8 heteroatoms. The van der Waals surface area contributed by atoms with E-state index in [9.17, 15) is 4.39 Å². The van der Waals surface area contributed by atoms with E-state index in [2.05, 4.69) is 31.7 Å². The van der Waals surface area contributed by atoms with Crippen LogP contribution in [0.5, 0.6) is 0 Å². The van der Waals surface area contributed by atoms with Crippen molar-refractivity contribution < 1.29 is 4.39 Å². The van der Waals surface area contributed by atoms with Gasteiger partial charge < -0.3 is 14.8 Å². The minimum absolute atomic E-state index is 0. The number of piperidine rings is 1. The molecule has 0 radical (unpaired) electrons. The quantitative estimate of drug-likeness (QED) is 0.388. The van der Waals surface area contributed by atoms with Crippen LogP contribution in [0.1, 0.15) is 24.9 Å². The predicted octanol–water partition coefficient (Wildman–Crippen LogP) is 3.99. The van der Waals surface area contributed by atoms with Gasteiger partial charge in [-0.05, 0) is 36.5 Å². The van der Waals surface area contributed by atoms with E-state index in [1.807, 2.05) is 18.7 Å². The van der Waals surface area contributed by atoms with E-state index in [0.29, 0.717) is 29.9 Å². The number of nitrogens with zero attached hydrogens (tertiary/aromatic N) is 4. The molecule has 5 nitrogen and oxygen atoms in total. The van der Waals surface area contributed by atoms with Crippen molar-refractivity contribution in [1.29, 1.82) is 0 Å². The molecule has 1 aromatic heterocycles. The van der Waals surface area contributed by atoms with Crippen LogP contribution in [0.15, 0.2) is 41.9 Å². The topological polar surface area (TPSA) is 45.5 Å². The summed E-state index contributed by atoms with van der Waals surface area (Å²) in [5.41, 5.74) is 0.930. The van der Waals surface area contributed by atoms with E-state index in [1.54, 1.807) is 13.1 Å². The number of halogens is 3. The van der Waals surface area contributed by atoms with Crippen LogP contribution in [0.3, 0.4) is 0 Å². The van der Waals surface area contributed by atoms with Crippen molar-refractivity contribution in [2.24, 2.45) is 10.9 Å². The van der Waals surface area contributed by atoms with Crippen LogP contribution in [0, 0.1) is 11.7 Å². The Labute approximate surface area is 182 Å². The van der Waals surface area contributed by atoms with Gasteiger partial charge >= 0.3 is 0 Å². The molecule has 1 aliphatic heterocycles. The van der Waals surface area contributed by atoms with Gasteiger partial charge in [0.15, 0.2) is 5.96 Å². The monoisotopic (exact) mass is 505 g/mol.